The van der Waals surface area contributed by atoms with E-state index in [2.05, 4.69) is 59.8 Å². The minimum Gasteiger partial charge on any atom is -0.369 e. The number of rotatable bonds is 4. The van der Waals surface area contributed by atoms with Gasteiger partial charge in [-0.15, -0.1) is 0 Å². The maximum absolute atomic E-state index is 6.17. The van der Waals surface area contributed by atoms with Crippen LogP contribution in [0.15, 0.2) is 22.7 Å². The minimum atomic E-state index is 0.258. The van der Waals surface area contributed by atoms with Crippen molar-refractivity contribution in [3.05, 3.63) is 28.2 Å². The largest absolute Gasteiger partial charge is 0.369 e. The van der Waals surface area contributed by atoms with Crippen molar-refractivity contribution in [1.82, 2.24) is 0 Å². The molecule has 2 N–H and O–H groups in total. The van der Waals surface area contributed by atoms with Crippen LogP contribution in [0.25, 0.3) is 0 Å². The van der Waals surface area contributed by atoms with Gasteiger partial charge in [-0.25, -0.2) is 0 Å². The number of nitrogens with two attached hydrogens (primary N) is 1. The third-order valence-corrected chi connectivity index (χ3v) is 4.99. The van der Waals surface area contributed by atoms with Gasteiger partial charge >= 0.3 is 0 Å². The van der Waals surface area contributed by atoms with E-state index in [0.29, 0.717) is 6.04 Å². The second kappa shape index (κ2) is 6.95. The Labute approximate surface area is 131 Å². The lowest BCUT2D eigenvalue weighted by Gasteiger charge is -2.39. The van der Waals surface area contributed by atoms with Crippen LogP contribution in [0.5, 0.6) is 0 Å². The van der Waals surface area contributed by atoms with Crippen LogP contribution in [-0.4, -0.2) is 18.6 Å². The Morgan fingerprint density at radius 2 is 2.15 bits per heavy atom. The summed E-state index contributed by atoms with van der Waals surface area (Å²) in [7, 11) is 0. The SMILES string of the molecule is CCC(N)Cc1ccc(Br)cc1N1CCC(C)CC1C. The first-order chi connectivity index (χ1) is 9.51. The normalized spacial score (nSPS) is 24.8. The molecule has 1 aromatic carbocycles. The molecule has 0 aliphatic carbocycles. The van der Waals surface area contributed by atoms with Crippen molar-refractivity contribution in [3.8, 4) is 0 Å². The van der Waals surface area contributed by atoms with Crippen LogP contribution in [0, 0.1) is 5.92 Å². The second-order valence-corrected chi connectivity index (χ2v) is 7.23. The lowest BCUT2D eigenvalue weighted by atomic mass is 9.91. The quantitative estimate of drug-likeness (QED) is 0.883. The summed E-state index contributed by atoms with van der Waals surface area (Å²) in [6.07, 6.45) is 4.57. The second-order valence-electron chi connectivity index (χ2n) is 6.32. The van der Waals surface area contributed by atoms with E-state index >= 15 is 0 Å². The highest BCUT2D eigenvalue weighted by molar-refractivity contribution is 9.10. The monoisotopic (exact) mass is 338 g/mol. The van der Waals surface area contributed by atoms with E-state index in [4.69, 9.17) is 5.73 Å². The van der Waals surface area contributed by atoms with Crippen LogP contribution in [0.2, 0.25) is 0 Å². The lowest BCUT2D eigenvalue weighted by Crippen LogP contribution is -2.41. The Bertz CT molecular complexity index is 447. The highest BCUT2D eigenvalue weighted by Gasteiger charge is 2.25. The Morgan fingerprint density at radius 1 is 1.40 bits per heavy atom. The van der Waals surface area contributed by atoms with Crippen LogP contribution < -0.4 is 10.6 Å². The van der Waals surface area contributed by atoms with Gasteiger partial charge in [-0.3, -0.25) is 0 Å². The Hall–Kier alpha value is -0.540. The number of hydrogen-bond donors (Lipinski definition) is 1. The van der Waals surface area contributed by atoms with E-state index in [9.17, 15) is 0 Å². The highest BCUT2D eigenvalue weighted by atomic mass is 79.9. The first kappa shape index (κ1) is 15.8. The zero-order valence-corrected chi connectivity index (χ0v) is 14.5. The molecule has 3 atom stereocenters. The molecule has 0 amide bonds. The summed E-state index contributed by atoms with van der Waals surface area (Å²) in [6.45, 7) is 8.03. The topological polar surface area (TPSA) is 29.3 Å². The molecule has 0 spiro atoms. The third-order valence-electron chi connectivity index (χ3n) is 4.50. The molecule has 1 heterocycles. The average Bonchev–Trinajstić information content (AvgIpc) is 2.41. The maximum Gasteiger partial charge on any atom is 0.0413 e. The molecule has 2 rings (SSSR count). The van der Waals surface area contributed by atoms with E-state index in [0.717, 1.165) is 29.8 Å². The molecule has 1 fully saturated rings. The fourth-order valence-corrected chi connectivity index (χ4v) is 3.52. The predicted molar refractivity (Wildman–Crippen MR) is 91.3 cm³/mol. The number of anilines is 1. The van der Waals surface area contributed by atoms with Crippen LogP contribution in [-0.2, 0) is 6.42 Å². The molecule has 3 unspecified atom stereocenters. The first-order valence-electron chi connectivity index (χ1n) is 7.81. The van der Waals surface area contributed by atoms with Crippen LogP contribution in [0.1, 0.15) is 45.6 Å². The number of nitrogens with zero attached hydrogens (tertiary/aromatic N) is 1. The van der Waals surface area contributed by atoms with E-state index in [-0.39, 0.29) is 6.04 Å². The summed E-state index contributed by atoms with van der Waals surface area (Å²) in [4.78, 5) is 2.57. The van der Waals surface area contributed by atoms with E-state index < -0.39 is 0 Å². The molecule has 0 saturated carbocycles. The molecule has 0 radical (unpaired) electrons. The van der Waals surface area contributed by atoms with Crippen molar-refractivity contribution in [1.29, 1.82) is 0 Å². The van der Waals surface area contributed by atoms with Gasteiger partial charge in [-0.2, -0.15) is 0 Å². The summed E-state index contributed by atoms with van der Waals surface area (Å²) in [6, 6.07) is 7.51. The van der Waals surface area contributed by atoms with Gasteiger partial charge in [-0.1, -0.05) is 35.8 Å². The van der Waals surface area contributed by atoms with Gasteiger partial charge < -0.3 is 10.6 Å². The van der Waals surface area contributed by atoms with Gasteiger partial charge in [0.1, 0.15) is 0 Å². The molecule has 0 aromatic heterocycles. The van der Waals surface area contributed by atoms with Gasteiger partial charge in [0.2, 0.25) is 0 Å². The first-order valence-corrected chi connectivity index (χ1v) is 8.61. The van der Waals surface area contributed by atoms with Gasteiger partial charge in [-0.05, 0) is 56.2 Å². The van der Waals surface area contributed by atoms with Crippen molar-refractivity contribution in [2.24, 2.45) is 11.7 Å². The molecule has 1 aliphatic heterocycles. The molecule has 20 heavy (non-hydrogen) atoms. The molecular formula is C17H27BrN2. The molecule has 2 nitrogen and oxygen atoms in total. The van der Waals surface area contributed by atoms with Crippen molar-refractivity contribution in [2.75, 3.05) is 11.4 Å². The van der Waals surface area contributed by atoms with Gasteiger partial charge in [0.25, 0.3) is 0 Å². The predicted octanol–water partition coefficient (Wildman–Crippen LogP) is 4.35. The molecule has 1 aliphatic rings. The Balaban J connectivity index is 2.26. The average molecular weight is 339 g/mol. The third kappa shape index (κ3) is 3.76. The Morgan fingerprint density at radius 3 is 2.80 bits per heavy atom. The summed E-state index contributed by atoms with van der Waals surface area (Å²) in [5.74, 6) is 0.842. The smallest absolute Gasteiger partial charge is 0.0413 e. The molecule has 1 saturated heterocycles. The van der Waals surface area contributed by atoms with Gasteiger partial charge in [0, 0.05) is 28.8 Å². The zero-order valence-electron chi connectivity index (χ0n) is 12.9. The summed E-state index contributed by atoms with van der Waals surface area (Å²) >= 11 is 3.62. The lowest BCUT2D eigenvalue weighted by molar-refractivity contribution is 0.377. The van der Waals surface area contributed by atoms with Crippen LogP contribution in [0.4, 0.5) is 5.69 Å². The highest BCUT2D eigenvalue weighted by Crippen LogP contribution is 2.32. The van der Waals surface area contributed by atoms with Crippen LogP contribution >= 0.6 is 15.9 Å². The van der Waals surface area contributed by atoms with Crippen molar-refractivity contribution in [3.63, 3.8) is 0 Å². The van der Waals surface area contributed by atoms with E-state index in [1.54, 1.807) is 0 Å². The van der Waals surface area contributed by atoms with E-state index in [1.807, 2.05) is 0 Å². The Kier molecular flexibility index (Phi) is 5.50. The fourth-order valence-electron chi connectivity index (χ4n) is 3.17. The van der Waals surface area contributed by atoms with Crippen molar-refractivity contribution >= 4 is 21.6 Å². The zero-order chi connectivity index (χ0) is 14.7. The van der Waals surface area contributed by atoms with Crippen molar-refractivity contribution in [2.45, 2.75) is 58.5 Å². The maximum atomic E-state index is 6.17. The number of piperidine rings is 1. The van der Waals surface area contributed by atoms with Crippen molar-refractivity contribution < 1.29 is 0 Å². The number of hydrogen-bond acceptors (Lipinski definition) is 2. The van der Waals surface area contributed by atoms with Crippen LogP contribution in [0.3, 0.4) is 0 Å². The van der Waals surface area contributed by atoms with Gasteiger partial charge in [0.05, 0.1) is 0 Å². The standard InChI is InChI=1S/C17H27BrN2/c1-4-16(19)10-14-5-6-15(18)11-17(14)20-8-7-12(2)9-13(20)3/h5-6,11-13,16H,4,7-10,19H2,1-3H3. The molecule has 1 aromatic rings. The summed E-state index contributed by atoms with van der Waals surface area (Å²) in [5.41, 5.74) is 8.94. The van der Waals surface area contributed by atoms with E-state index in [1.165, 1.54) is 24.1 Å². The minimum absolute atomic E-state index is 0.258. The molecule has 112 valence electrons. The summed E-state index contributed by atoms with van der Waals surface area (Å²) in [5, 5.41) is 0. The fraction of sp³-hybridized carbons (Fsp3) is 0.647. The number of halogens is 1. The molecule has 0 bridgehead atoms. The molecule has 3 heteroatoms. The number of benzene rings is 1. The molecular weight excluding hydrogens is 312 g/mol. The summed E-state index contributed by atoms with van der Waals surface area (Å²) < 4.78 is 1.16. The van der Waals surface area contributed by atoms with Gasteiger partial charge in [0.15, 0.2) is 0 Å².